The van der Waals surface area contributed by atoms with E-state index in [0.717, 1.165) is 73.0 Å². The van der Waals surface area contributed by atoms with Gasteiger partial charge in [0.05, 0.1) is 22.8 Å². The Morgan fingerprint density at radius 2 is 0.810 bits per heavy atom. The first-order chi connectivity index (χ1) is 10.0. The molecule has 0 amide bonds. The Morgan fingerprint density at radius 3 is 1.00 bits per heavy atom. The van der Waals surface area contributed by atoms with E-state index < -0.39 is 0 Å². The summed E-state index contributed by atoms with van der Waals surface area (Å²) in [4.78, 5) is 18.1. The van der Waals surface area contributed by atoms with Gasteiger partial charge in [-0.25, -0.2) is 0 Å². The molecule has 1 aliphatic rings. The first-order valence-corrected chi connectivity index (χ1v) is 12.1. The Hall–Kier alpha value is 0.146. The monoisotopic (exact) mass is 465 g/mol. The van der Waals surface area contributed by atoms with Crippen LogP contribution in [0.5, 0.6) is 0 Å². The molecule has 0 N–H and O–H groups in total. The zero-order valence-electron chi connectivity index (χ0n) is 13.1. The van der Waals surface area contributed by atoms with Crippen molar-refractivity contribution < 1.29 is 11.1 Å². The van der Waals surface area contributed by atoms with Gasteiger partial charge in [0.15, 0.2) is 0 Å². The molecule has 0 atom stereocenters. The molecular formula is C14H24Br2CoN4. The maximum absolute atomic E-state index is 4.52. The summed E-state index contributed by atoms with van der Waals surface area (Å²) in [5, 5.41) is 0. The summed E-state index contributed by atoms with van der Waals surface area (Å²) in [5.74, 6) is 0. The Morgan fingerprint density at radius 1 is 0.619 bits per heavy atom. The van der Waals surface area contributed by atoms with E-state index in [4.69, 9.17) is 0 Å². The van der Waals surface area contributed by atoms with Crippen LogP contribution in [0.2, 0.25) is 0 Å². The van der Waals surface area contributed by atoms with E-state index in [9.17, 15) is 0 Å². The third-order valence-corrected chi connectivity index (χ3v) is 3.08. The standard InChI is InChI=1S/C14H24N4.2BrH.Co/c1-11-12(2)16-8-6-10-18-14(4)13(3)17-9-5-7-15-11;;;/h5-10H2,1-4H3;2*1H;/q;;;+2/p-2. The first-order valence-electron chi connectivity index (χ1n) is 6.91. The van der Waals surface area contributed by atoms with Crippen LogP contribution in [0.25, 0.3) is 0 Å². The predicted molar refractivity (Wildman–Crippen MR) is 99.0 cm³/mol. The molecule has 0 aliphatic carbocycles. The first kappa shape index (κ1) is 21.1. The van der Waals surface area contributed by atoms with Crippen LogP contribution in [-0.2, 0) is 11.1 Å². The molecule has 0 spiro atoms. The Labute approximate surface area is 148 Å². The minimum absolute atomic E-state index is 0.825. The summed E-state index contributed by atoms with van der Waals surface area (Å²) in [6.45, 7) is 11.4. The van der Waals surface area contributed by atoms with Crippen LogP contribution < -0.4 is 0 Å². The number of aliphatic imine (C=N–C) groups is 4. The molecule has 0 radical (unpaired) electrons. The van der Waals surface area contributed by atoms with Crippen molar-refractivity contribution in [3.63, 3.8) is 0 Å². The molecule has 0 saturated heterocycles. The van der Waals surface area contributed by atoms with E-state index >= 15 is 0 Å². The SMILES string of the molecule is CC1=NCCCN=C(C)C(C)=NCCCN=C1C.[Br][Co][Br]. The number of rotatable bonds is 0. The summed E-state index contributed by atoms with van der Waals surface area (Å²) in [7, 11) is 0. The molecule has 21 heavy (non-hydrogen) atoms. The van der Waals surface area contributed by atoms with Crippen molar-refractivity contribution >= 4 is 51.2 Å². The average molecular weight is 467 g/mol. The van der Waals surface area contributed by atoms with E-state index in [1.807, 2.05) is 27.7 Å². The Balaban J connectivity index is 0.00000122. The second kappa shape index (κ2) is 13.8. The van der Waals surface area contributed by atoms with Gasteiger partial charge in [0.2, 0.25) is 0 Å². The van der Waals surface area contributed by atoms with Gasteiger partial charge in [0.1, 0.15) is 0 Å². The van der Waals surface area contributed by atoms with E-state index in [-0.39, 0.29) is 0 Å². The molecule has 1 aliphatic heterocycles. The van der Waals surface area contributed by atoms with Crippen LogP contribution in [0.3, 0.4) is 0 Å². The van der Waals surface area contributed by atoms with Gasteiger partial charge in [0, 0.05) is 26.2 Å². The van der Waals surface area contributed by atoms with Crippen LogP contribution in [0.4, 0.5) is 0 Å². The van der Waals surface area contributed by atoms with Gasteiger partial charge in [-0.05, 0) is 40.5 Å². The molecule has 1 rings (SSSR count). The Bertz CT molecular complexity index is 343. The van der Waals surface area contributed by atoms with Gasteiger partial charge in [-0.15, -0.1) is 0 Å². The molecule has 7 heteroatoms. The van der Waals surface area contributed by atoms with E-state index in [2.05, 4.69) is 48.3 Å². The summed E-state index contributed by atoms with van der Waals surface area (Å²) in [6.07, 6.45) is 1.96. The van der Waals surface area contributed by atoms with E-state index in [1.165, 1.54) is 0 Å². The fraction of sp³-hybridized carbons (Fsp3) is 0.714. The molecule has 4 nitrogen and oxygen atoms in total. The van der Waals surface area contributed by atoms with E-state index in [1.54, 1.807) is 0 Å². The average Bonchev–Trinajstić information content (AvgIpc) is 2.45. The van der Waals surface area contributed by atoms with Crippen molar-refractivity contribution in [3.8, 4) is 0 Å². The normalized spacial score (nSPS) is 18.4. The summed E-state index contributed by atoms with van der Waals surface area (Å²) >= 11 is 7.12. The molecule has 0 aromatic carbocycles. The van der Waals surface area contributed by atoms with Crippen molar-refractivity contribution in [3.05, 3.63) is 0 Å². The molecule has 0 bridgehead atoms. The van der Waals surface area contributed by atoms with Gasteiger partial charge < -0.3 is 0 Å². The van der Waals surface area contributed by atoms with E-state index in [0.29, 0.717) is 0 Å². The number of hydrogen-bond donors (Lipinski definition) is 0. The van der Waals surface area contributed by atoms with Crippen molar-refractivity contribution in [1.29, 1.82) is 0 Å². The Kier molecular flexibility index (Phi) is 13.9. The molecular weight excluding hydrogens is 443 g/mol. The van der Waals surface area contributed by atoms with Crippen LogP contribution >= 0.6 is 28.3 Å². The molecule has 0 unspecified atom stereocenters. The van der Waals surface area contributed by atoms with Crippen molar-refractivity contribution in [2.24, 2.45) is 20.0 Å². The molecule has 0 fully saturated rings. The second-order valence-electron chi connectivity index (χ2n) is 4.62. The van der Waals surface area contributed by atoms with Gasteiger partial charge >= 0.3 is 39.5 Å². The predicted octanol–water partition coefficient (Wildman–Crippen LogP) is 4.31. The molecule has 0 aromatic heterocycles. The summed E-state index contributed by atoms with van der Waals surface area (Å²) in [6, 6.07) is 0. The minimum atomic E-state index is 0.825. The summed E-state index contributed by atoms with van der Waals surface area (Å²) < 4.78 is 0. The zero-order valence-corrected chi connectivity index (χ0v) is 17.3. The molecule has 123 valence electrons. The number of hydrogen-bond acceptors (Lipinski definition) is 4. The number of halogens is 2. The van der Waals surface area contributed by atoms with Gasteiger partial charge in [-0.1, -0.05) is 0 Å². The van der Waals surface area contributed by atoms with Crippen LogP contribution in [0.15, 0.2) is 20.0 Å². The van der Waals surface area contributed by atoms with Crippen LogP contribution in [-0.4, -0.2) is 49.0 Å². The topological polar surface area (TPSA) is 49.4 Å². The van der Waals surface area contributed by atoms with Gasteiger partial charge in [0.25, 0.3) is 0 Å². The zero-order chi connectivity index (χ0) is 16.1. The molecule has 0 aromatic rings. The van der Waals surface area contributed by atoms with Crippen LogP contribution in [0.1, 0.15) is 40.5 Å². The maximum atomic E-state index is 4.52. The van der Waals surface area contributed by atoms with Gasteiger partial charge in [-0.3, -0.25) is 20.0 Å². The molecule has 0 saturated carbocycles. The fourth-order valence-corrected chi connectivity index (χ4v) is 1.59. The molecule has 1 heterocycles. The van der Waals surface area contributed by atoms with Crippen LogP contribution in [0, 0.1) is 0 Å². The summed E-state index contributed by atoms with van der Waals surface area (Å²) in [5.41, 5.74) is 4.19. The van der Waals surface area contributed by atoms with Crippen molar-refractivity contribution in [2.75, 3.05) is 26.2 Å². The fourth-order valence-electron chi connectivity index (χ4n) is 1.59. The quantitative estimate of drug-likeness (QED) is 0.510. The number of nitrogens with zero attached hydrogens (tertiary/aromatic N) is 4. The van der Waals surface area contributed by atoms with Crippen molar-refractivity contribution in [2.45, 2.75) is 40.5 Å². The third kappa shape index (κ3) is 11.4. The van der Waals surface area contributed by atoms with Crippen molar-refractivity contribution in [1.82, 2.24) is 0 Å². The third-order valence-electron chi connectivity index (χ3n) is 3.08. The second-order valence-corrected chi connectivity index (χ2v) is 9.88. The van der Waals surface area contributed by atoms with Gasteiger partial charge in [-0.2, -0.15) is 0 Å².